The third kappa shape index (κ3) is 3.93. The second kappa shape index (κ2) is 6.69. The zero-order valence-electron chi connectivity index (χ0n) is 12.8. The minimum Gasteiger partial charge on any atom is -0.357 e. The van der Waals surface area contributed by atoms with Gasteiger partial charge in [-0.2, -0.15) is 15.0 Å². The van der Waals surface area contributed by atoms with Crippen molar-refractivity contribution in [3.63, 3.8) is 0 Å². The molecule has 1 aromatic rings. The second-order valence-electron chi connectivity index (χ2n) is 5.53. The highest BCUT2D eigenvalue weighted by Gasteiger charge is 2.17. The first kappa shape index (κ1) is 14.8. The lowest BCUT2D eigenvalue weighted by Gasteiger charge is -2.20. The van der Waals surface area contributed by atoms with Crippen LogP contribution in [-0.4, -0.2) is 66.7 Å². The van der Waals surface area contributed by atoms with Crippen molar-refractivity contribution in [3.8, 4) is 0 Å². The summed E-state index contributed by atoms with van der Waals surface area (Å²) in [5, 5.41) is 6.35. The maximum absolute atomic E-state index is 4.54. The molecular formula is C13H25N7. The van der Waals surface area contributed by atoms with Gasteiger partial charge in [-0.25, -0.2) is 0 Å². The Morgan fingerprint density at radius 3 is 2.40 bits per heavy atom. The average molecular weight is 279 g/mol. The maximum Gasteiger partial charge on any atom is 0.231 e. The quantitative estimate of drug-likeness (QED) is 0.801. The lowest BCUT2D eigenvalue weighted by molar-refractivity contribution is 0.391. The van der Waals surface area contributed by atoms with E-state index < -0.39 is 0 Å². The summed E-state index contributed by atoms with van der Waals surface area (Å²) >= 11 is 0. The van der Waals surface area contributed by atoms with Gasteiger partial charge >= 0.3 is 0 Å². The molecule has 1 atom stereocenters. The van der Waals surface area contributed by atoms with Crippen LogP contribution in [0.3, 0.4) is 0 Å². The Bertz CT molecular complexity index is 429. The molecule has 2 heterocycles. The van der Waals surface area contributed by atoms with Crippen molar-refractivity contribution in [2.75, 3.05) is 56.3 Å². The summed E-state index contributed by atoms with van der Waals surface area (Å²) in [6, 6.07) is 0.281. The zero-order valence-corrected chi connectivity index (χ0v) is 12.8. The van der Waals surface area contributed by atoms with Gasteiger partial charge in [-0.1, -0.05) is 0 Å². The molecule has 0 amide bonds. The van der Waals surface area contributed by atoms with Crippen molar-refractivity contribution >= 4 is 17.8 Å². The SMILES string of the molecule is CNc1nc(NC(C)CN(C)C)nc(N2CCCC2)n1. The van der Waals surface area contributed by atoms with Crippen LogP contribution in [0.25, 0.3) is 0 Å². The van der Waals surface area contributed by atoms with Gasteiger partial charge in [0.2, 0.25) is 17.8 Å². The number of hydrogen-bond acceptors (Lipinski definition) is 7. The highest BCUT2D eigenvalue weighted by molar-refractivity contribution is 5.44. The minimum atomic E-state index is 0.281. The van der Waals surface area contributed by atoms with Gasteiger partial charge in [-0.05, 0) is 33.9 Å². The van der Waals surface area contributed by atoms with E-state index in [-0.39, 0.29) is 6.04 Å². The van der Waals surface area contributed by atoms with Crippen LogP contribution in [0.2, 0.25) is 0 Å². The van der Waals surface area contributed by atoms with Crippen LogP contribution in [-0.2, 0) is 0 Å². The molecule has 7 nitrogen and oxygen atoms in total. The second-order valence-corrected chi connectivity index (χ2v) is 5.53. The lowest BCUT2D eigenvalue weighted by Crippen LogP contribution is -2.31. The smallest absolute Gasteiger partial charge is 0.231 e. The van der Waals surface area contributed by atoms with Crippen LogP contribution in [0.5, 0.6) is 0 Å². The average Bonchev–Trinajstić information content (AvgIpc) is 2.91. The molecule has 1 aromatic heterocycles. The molecular weight excluding hydrogens is 254 g/mol. The molecule has 1 fully saturated rings. The van der Waals surface area contributed by atoms with Crippen molar-refractivity contribution in [1.29, 1.82) is 0 Å². The van der Waals surface area contributed by atoms with E-state index >= 15 is 0 Å². The minimum absolute atomic E-state index is 0.281. The molecule has 1 aliphatic rings. The highest BCUT2D eigenvalue weighted by atomic mass is 15.3. The largest absolute Gasteiger partial charge is 0.357 e. The Balaban J connectivity index is 2.12. The normalized spacial score (nSPS) is 16.6. The van der Waals surface area contributed by atoms with Gasteiger partial charge in [-0.3, -0.25) is 0 Å². The van der Waals surface area contributed by atoms with Crippen LogP contribution in [0.15, 0.2) is 0 Å². The summed E-state index contributed by atoms with van der Waals surface area (Å²) in [5.41, 5.74) is 0. The summed E-state index contributed by atoms with van der Waals surface area (Å²) in [4.78, 5) is 17.7. The van der Waals surface area contributed by atoms with E-state index in [9.17, 15) is 0 Å². The van der Waals surface area contributed by atoms with Crippen LogP contribution < -0.4 is 15.5 Å². The summed E-state index contributed by atoms with van der Waals surface area (Å²) in [6.45, 7) is 5.11. The zero-order chi connectivity index (χ0) is 14.5. The van der Waals surface area contributed by atoms with Gasteiger partial charge in [0.15, 0.2) is 0 Å². The molecule has 7 heteroatoms. The molecule has 1 saturated heterocycles. The molecule has 1 unspecified atom stereocenters. The Hall–Kier alpha value is -1.63. The number of nitrogens with one attached hydrogen (secondary N) is 2. The van der Waals surface area contributed by atoms with Crippen molar-refractivity contribution in [2.45, 2.75) is 25.8 Å². The van der Waals surface area contributed by atoms with Gasteiger partial charge in [0, 0.05) is 32.7 Å². The number of likely N-dealkylation sites (N-methyl/N-ethyl adjacent to an activating group) is 1. The Morgan fingerprint density at radius 2 is 1.80 bits per heavy atom. The van der Waals surface area contributed by atoms with E-state index in [1.54, 1.807) is 0 Å². The summed E-state index contributed by atoms with van der Waals surface area (Å²) < 4.78 is 0. The molecule has 0 aliphatic carbocycles. The number of nitrogens with zero attached hydrogens (tertiary/aromatic N) is 5. The molecule has 0 aromatic carbocycles. The van der Waals surface area contributed by atoms with Gasteiger partial charge in [0.25, 0.3) is 0 Å². The van der Waals surface area contributed by atoms with Gasteiger partial charge < -0.3 is 20.4 Å². The number of aromatic nitrogens is 3. The molecule has 20 heavy (non-hydrogen) atoms. The van der Waals surface area contributed by atoms with Gasteiger partial charge in [0.05, 0.1) is 0 Å². The fourth-order valence-corrected chi connectivity index (χ4v) is 2.41. The standard InChI is InChI=1S/C13H25N7/c1-10(9-19(3)4)15-12-16-11(14-2)17-13(18-12)20-7-5-6-8-20/h10H,5-9H2,1-4H3,(H2,14,15,16,17,18). The monoisotopic (exact) mass is 279 g/mol. The number of hydrogen-bond donors (Lipinski definition) is 2. The first-order valence-electron chi connectivity index (χ1n) is 7.18. The number of anilines is 3. The summed E-state index contributed by atoms with van der Waals surface area (Å²) in [6.07, 6.45) is 2.42. The Labute approximate surface area is 120 Å². The first-order chi connectivity index (χ1) is 9.58. The molecule has 0 saturated carbocycles. The molecule has 0 radical (unpaired) electrons. The molecule has 0 spiro atoms. The highest BCUT2D eigenvalue weighted by Crippen LogP contribution is 2.18. The topological polar surface area (TPSA) is 69.2 Å². The van der Waals surface area contributed by atoms with E-state index in [1.165, 1.54) is 12.8 Å². The van der Waals surface area contributed by atoms with Crippen LogP contribution in [0, 0.1) is 0 Å². The van der Waals surface area contributed by atoms with Crippen LogP contribution in [0.4, 0.5) is 17.8 Å². The first-order valence-corrected chi connectivity index (χ1v) is 7.18. The molecule has 2 rings (SSSR count). The van der Waals surface area contributed by atoms with E-state index in [1.807, 2.05) is 7.05 Å². The van der Waals surface area contributed by atoms with Gasteiger partial charge in [-0.15, -0.1) is 0 Å². The van der Waals surface area contributed by atoms with Crippen molar-refractivity contribution < 1.29 is 0 Å². The summed E-state index contributed by atoms with van der Waals surface area (Å²) in [7, 11) is 5.94. The van der Waals surface area contributed by atoms with Crippen molar-refractivity contribution in [1.82, 2.24) is 19.9 Å². The van der Waals surface area contributed by atoms with Gasteiger partial charge in [0.1, 0.15) is 0 Å². The Morgan fingerprint density at radius 1 is 1.15 bits per heavy atom. The van der Waals surface area contributed by atoms with E-state index in [4.69, 9.17) is 0 Å². The molecule has 1 aliphatic heterocycles. The van der Waals surface area contributed by atoms with E-state index in [2.05, 4.69) is 56.4 Å². The Kier molecular flexibility index (Phi) is 4.94. The van der Waals surface area contributed by atoms with E-state index in [0.717, 1.165) is 25.6 Å². The van der Waals surface area contributed by atoms with E-state index in [0.29, 0.717) is 11.9 Å². The lowest BCUT2D eigenvalue weighted by atomic mass is 10.3. The van der Waals surface area contributed by atoms with Crippen LogP contribution in [0.1, 0.15) is 19.8 Å². The molecule has 112 valence electrons. The number of rotatable bonds is 6. The fourth-order valence-electron chi connectivity index (χ4n) is 2.41. The van der Waals surface area contributed by atoms with Crippen molar-refractivity contribution in [2.24, 2.45) is 0 Å². The third-order valence-corrected chi connectivity index (χ3v) is 3.25. The predicted molar refractivity (Wildman–Crippen MR) is 82.5 cm³/mol. The van der Waals surface area contributed by atoms with Crippen LogP contribution >= 0.6 is 0 Å². The fraction of sp³-hybridized carbons (Fsp3) is 0.769. The molecule has 0 bridgehead atoms. The third-order valence-electron chi connectivity index (χ3n) is 3.25. The molecule has 2 N–H and O–H groups in total. The van der Waals surface area contributed by atoms with Crippen molar-refractivity contribution in [3.05, 3.63) is 0 Å². The summed E-state index contributed by atoms with van der Waals surface area (Å²) in [5.74, 6) is 2.02. The maximum atomic E-state index is 4.54. The predicted octanol–water partition coefficient (Wildman–Crippen LogP) is 0.875.